The predicted octanol–water partition coefficient (Wildman–Crippen LogP) is -0.153. The molecule has 0 aromatic carbocycles. The van der Waals surface area contributed by atoms with Crippen molar-refractivity contribution in [2.24, 2.45) is 18.7 Å². The highest BCUT2D eigenvalue weighted by atomic mass is 32.2. The largest absolute Gasteiger partial charge is 0.369 e. The number of nitrogens with zero attached hydrogens (tertiary/aromatic N) is 3. The average Bonchev–Trinajstić information content (AvgIpc) is 2.71. The van der Waals surface area contributed by atoms with Crippen LogP contribution in [0.2, 0.25) is 0 Å². The van der Waals surface area contributed by atoms with E-state index < -0.39 is 5.91 Å². The molecule has 0 fully saturated rings. The zero-order chi connectivity index (χ0) is 14.4. The molecule has 0 aliphatic carbocycles. The summed E-state index contributed by atoms with van der Waals surface area (Å²) in [5.41, 5.74) is 5.01. The van der Waals surface area contributed by atoms with E-state index in [9.17, 15) is 9.59 Å². The minimum atomic E-state index is -0.425. The van der Waals surface area contributed by atoms with Gasteiger partial charge in [-0.2, -0.15) is 5.10 Å². The van der Waals surface area contributed by atoms with Crippen LogP contribution in [-0.2, 0) is 16.6 Å². The first-order chi connectivity index (χ1) is 8.91. The monoisotopic (exact) mass is 285 g/mol. The first-order valence-corrected chi connectivity index (χ1v) is 7.06. The van der Waals surface area contributed by atoms with Gasteiger partial charge in [0.1, 0.15) is 12.2 Å². The van der Waals surface area contributed by atoms with Gasteiger partial charge >= 0.3 is 0 Å². The second-order valence-corrected chi connectivity index (χ2v) is 5.48. The third kappa shape index (κ3) is 4.90. The molecule has 0 radical (unpaired) electrons. The lowest BCUT2D eigenvalue weighted by Gasteiger charge is -2.21. The minimum Gasteiger partial charge on any atom is -0.369 e. The molecule has 19 heavy (non-hydrogen) atoms. The van der Waals surface area contributed by atoms with Crippen LogP contribution in [-0.4, -0.2) is 38.1 Å². The molecule has 0 aliphatic heterocycles. The van der Waals surface area contributed by atoms with Crippen molar-refractivity contribution in [2.75, 3.05) is 11.5 Å². The fourth-order valence-corrected chi connectivity index (χ4v) is 2.15. The van der Waals surface area contributed by atoms with E-state index in [1.807, 2.05) is 13.8 Å². The Morgan fingerprint density at radius 2 is 2.16 bits per heavy atom. The molecule has 1 aromatic heterocycles. The van der Waals surface area contributed by atoms with Crippen LogP contribution in [0.25, 0.3) is 0 Å². The number of nitrogens with one attached hydrogen (secondary N) is 1. The number of primary amides is 1. The van der Waals surface area contributed by atoms with Crippen molar-refractivity contribution in [1.82, 2.24) is 20.1 Å². The summed E-state index contributed by atoms with van der Waals surface area (Å²) >= 11 is 1.20. The maximum absolute atomic E-state index is 11.8. The summed E-state index contributed by atoms with van der Waals surface area (Å²) in [7, 11) is 1.78. The van der Waals surface area contributed by atoms with Crippen molar-refractivity contribution < 1.29 is 9.59 Å². The smallest absolute Gasteiger partial charge is 0.230 e. The van der Waals surface area contributed by atoms with Gasteiger partial charge in [0.15, 0.2) is 0 Å². The molecule has 106 valence electrons. The van der Waals surface area contributed by atoms with Gasteiger partial charge in [0.2, 0.25) is 11.8 Å². The number of thioether (sulfide) groups is 1. The molecule has 1 unspecified atom stereocenters. The van der Waals surface area contributed by atoms with Crippen LogP contribution in [0.1, 0.15) is 25.7 Å². The van der Waals surface area contributed by atoms with Crippen LogP contribution < -0.4 is 11.1 Å². The van der Waals surface area contributed by atoms with Crippen molar-refractivity contribution in [3.05, 3.63) is 12.2 Å². The molecule has 0 spiro atoms. The lowest BCUT2D eigenvalue weighted by atomic mass is 10.0. The highest BCUT2D eigenvalue weighted by molar-refractivity contribution is 8.00. The fourth-order valence-electron chi connectivity index (χ4n) is 1.58. The predicted molar refractivity (Wildman–Crippen MR) is 73.2 cm³/mol. The normalized spacial score (nSPS) is 12.4. The molecule has 8 heteroatoms. The van der Waals surface area contributed by atoms with Gasteiger partial charge in [-0.1, -0.05) is 13.8 Å². The van der Waals surface area contributed by atoms with Gasteiger partial charge in [-0.15, -0.1) is 11.8 Å². The van der Waals surface area contributed by atoms with E-state index in [0.717, 1.165) is 0 Å². The Labute approximate surface area is 116 Å². The van der Waals surface area contributed by atoms with Crippen LogP contribution in [0.3, 0.4) is 0 Å². The number of carbonyl (C=O) groups excluding carboxylic acids is 2. The zero-order valence-corrected chi connectivity index (χ0v) is 12.1. The molecule has 2 amide bonds. The van der Waals surface area contributed by atoms with Gasteiger partial charge in [0.05, 0.1) is 17.5 Å². The first kappa shape index (κ1) is 15.5. The molecule has 1 aromatic rings. The summed E-state index contributed by atoms with van der Waals surface area (Å²) in [4.78, 5) is 26.6. The maximum Gasteiger partial charge on any atom is 0.230 e. The van der Waals surface area contributed by atoms with E-state index in [4.69, 9.17) is 5.73 Å². The van der Waals surface area contributed by atoms with E-state index >= 15 is 0 Å². The Balaban J connectivity index is 2.58. The first-order valence-electron chi connectivity index (χ1n) is 5.91. The Morgan fingerprint density at radius 3 is 2.63 bits per heavy atom. The third-order valence-corrected chi connectivity index (χ3v) is 3.44. The Bertz CT molecular complexity index is 446. The summed E-state index contributed by atoms with van der Waals surface area (Å²) < 4.78 is 1.64. The second kappa shape index (κ2) is 7.13. The van der Waals surface area contributed by atoms with Crippen molar-refractivity contribution in [3.63, 3.8) is 0 Å². The van der Waals surface area contributed by atoms with Crippen LogP contribution in [0, 0.1) is 5.92 Å². The Morgan fingerprint density at radius 1 is 1.47 bits per heavy atom. The number of amides is 2. The summed E-state index contributed by atoms with van der Waals surface area (Å²) in [5, 5.41) is 6.90. The van der Waals surface area contributed by atoms with E-state index in [0.29, 0.717) is 5.82 Å². The third-order valence-electron chi connectivity index (χ3n) is 2.49. The molecule has 7 nitrogen and oxygen atoms in total. The molecule has 3 N–H and O–H groups in total. The quantitative estimate of drug-likeness (QED) is 0.725. The lowest BCUT2D eigenvalue weighted by molar-refractivity contribution is -0.119. The van der Waals surface area contributed by atoms with Gasteiger partial charge in [0, 0.05) is 7.05 Å². The molecule has 0 saturated heterocycles. The van der Waals surface area contributed by atoms with Crippen LogP contribution in [0.5, 0.6) is 0 Å². The molecular weight excluding hydrogens is 266 g/mol. The topological polar surface area (TPSA) is 103 Å². The van der Waals surface area contributed by atoms with E-state index in [2.05, 4.69) is 15.4 Å². The number of hydrogen-bond acceptors (Lipinski definition) is 5. The average molecular weight is 285 g/mol. The molecular formula is C11H19N5O2S. The highest BCUT2D eigenvalue weighted by Crippen LogP contribution is 2.18. The van der Waals surface area contributed by atoms with Gasteiger partial charge in [0.25, 0.3) is 0 Å². The molecule has 0 saturated carbocycles. The number of hydrogen-bond donors (Lipinski definition) is 2. The number of aromatic nitrogens is 3. The Kier molecular flexibility index (Phi) is 5.81. The van der Waals surface area contributed by atoms with Gasteiger partial charge in [-0.25, -0.2) is 4.98 Å². The number of rotatable bonds is 7. The Hall–Kier alpha value is -1.57. The summed E-state index contributed by atoms with van der Waals surface area (Å²) in [6.45, 7) is 3.99. The molecule has 1 rings (SSSR count). The van der Waals surface area contributed by atoms with E-state index in [-0.39, 0.29) is 29.4 Å². The lowest BCUT2D eigenvalue weighted by Crippen LogP contribution is -2.35. The maximum atomic E-state index is 11.8. The summed E-state index contributed by atoms with van der Waals surface area (Å²) in [5.74, 6) is 0.670. The van der Waals surface area contributed by atoms with Crippen molar-refractivity contribution in [3.8, 4) is 0 Å². The van der Waals surface area contributed by atoms with Gasteiger partial charge in [-0.3, -0.25) is 14.3 Å². The van der Waals surface area contributed by atoms with Gasteiger partial charge in [-0.05, 0) is 5.92 Å². The molecule has 0 bridgehead atoms. The van der Waals surface area contributed by atoms with E-state index in [1.54, 1.807) is 11.7 Å². The summed E-state index contributed by atoms with van der Waals surface area (Å²) in [6, 6.07) is -0.200. The number of carbonyl (C=O) groups is 2. The zero-order valence-electron chi connectivity index (χ0n) is 11.3. The number of aryl methyl sites for hydroxylation is 1. The van der Waals surface area contributed by atoms with Crippen molar-refractivity contribution in [1.29, 1.82) is 0 Å². The van der Waals surface area contributed by atoms with Crippen LogP contribution >= 0.6 is 11.8 Å². The van der Waals surface area contributed by atoms with Gasteiger partial charge < -0.3 is 11.1 Å². The molecule has 1 atom stereocenters. The SMILES string of the molecule is CC(C)C(NC(=O)CSCC(N)=O)c1ncnn1C. The minimum absolute atomic E-state index is 0.143. The van der Waals surface area contributed by atoms with Crippen molar-refractivity contribution in [2.45, 2.75) is 19.9 Å². The molecule has 0 aliphatic rings. The summed E-state index contributed by atoms with van der Waals surface area (Å²) in [6.07, 6.45) is 1.46. The van der Waals surface area contributed by atoms with Crippen LogP contribution in [0.4, 0.5) is 0 Å². The standard InChI is InChI=1S/C11H19N5O2S/c1-7(2)10(11-13-6-14-16(11)3)15-9(18)5-19-4-8(12)17/h6-7,10H,4-5H2,1-3H3,(H2,12,17)(H,15,18). The second-order valence-electron chi connectivity index (χ2n) is 4.49. The number of nitrogens with two attached hydrogens (primary N) is 1. The van der Waals surface area contributed by atoms with Crippen molar-refractivity contribution >= 4 is 23.6 Å². The fraction of sp³-hybridized carbons (Fsp3) is 0.636. The highest BCUT2D eigenvalue weighted by Gasteiger charge is 2.22. The van der Waals surface area contributed by atoms with E-state index in [1.165, 1.54) is 18.1 Å². The van der Waals surface area contributed by atoms with Crippen LogP contribution in [0.15, 0.2) is 6.33 Å². The molecule has 1 heterocycles.